The van der Waals surface area contributed by atoms with E-state index in [1.165, 1.54) is 0 Å². The molecule has 0 saturated heterocycles. The molecule has 0 amide bonds. The molecule has 0 aliphatic rings. The Morgan fingerprint density at radius 3 is 2.33 bits per heavy atom. The monoisotopic (exact) mass is 211 g/mol. The third kappa shape index (κ3) is 2.81. The number of oxazole rings is 1. The fourth-order valence-electron chi connectivity index (χ4n) is 1.34. The van der Waals surface area contributed by atoms with Crippen molar-refractivity contribution in [2.75, 3.05) is 0 Å². The van der Waals surface area contributed by atoms with Crippen LogP contribution in [-0.2, 0) is 11.2 Å². The van der Waals surface area contributed by atoms with Crippen LogP contribution in [0.4, 0.5) is 0 Å². The first-order valence-corrected chi connectivity index (χ1v) is 5.13. The molecule has 0 aliphatic carbocycles. The van der Waals surface area contributed by atoms with Gasteiger partial charge in [-0.2, -0.15) is 0 Å². The average molecular weight is 211 g/mol. The first-order chi connectivity index (χ1) is 6.91. The lowest BCUT2D eigenvalue weighted by molar-refractivity contribution is -0.136. The van der Waals surface area contributed by atoms with Crippen molar-refractivity contribution in [3.63, 3.8) is 0 Å². The highest BCUT2D eigenvalue weighted by Gasteiger charge is 2.19. The summed E-state index contributed by atoms with van der Waals surface area (Å²) in [5, 5.41) is 8.73. The number of hydrogen-bond acceptors (Lipinski definition) is 3. The molecule has 0 radical (unpaired) electrons. The molecule has 4 nitrogen and oxygen atoms in total. The molecule has 0 unspecified atom stereocenters. The maximum absolute atomic E-state index is 10.6. The van der Waals surface area contributed by atoms with Crippen LogP contribution in [0.5, 0.6) is 0 Å². The van der Waals surface area contributed by atoms with Gasteiger partial charge >= 0.3 is 5.97 Å². The topological polar surface area (TPSA) is 63.3 Å². The minimum atomic E-state index is -0.886. The molecule has 4 heteroatoms. The quantitative estimate of drug-likeness (QED) is 0.831. The Morgan fingerprint density at radius 1 is 1.33 bits per heavy atom. The van der Waals surface area contributed by atoms with Crippen molar-refractivity contribution in [2.24, 2.45) is 0 Å². The molecule has 0 fully saturated rings. The summed E-state index contributed by atoms with van der Waals surface area (Å²) in [7, 11) is 0. The predicted octanol–water partition coefficient (Wildman–Crippen LogP) is 2.55. The van der Waals surface area contributed by atoms with Gasteiger partial charge in [0.05, 0.1) is 5.69 Å². The first-order valence-electron chi connectivity index (χ1n) is 5.13. The van der Waals surface area contributed by atoms with E-state index in [1.807, 2.05) is 27.7 Å². The third-order valence-corrected chi connectivity index (χ3v) is 2.10. The maximum atomic E-state index is 10.6. The zero-order valence-corrected chi connectivity index (χ0v) is 9.57. The summed E-state index contributed by atoms with van der Waals surface area (Å²) < 4.78 is 5.46. The molecule has 1 rings (SSSR count). The molecule has 0 aliphatic heterocycles. The summed E-state index contributed by atoms with van der Waals surface area (Å²) in [4.78, 5) is 15.0. The zero-order valence-electron chi connectivity index (χ0n) is 9.57. The van der Waals surface area contributed by atoms with E-state index >= 15 is 0 Å². The van der Waals surface area contributed by atoms with Crippen LogP contribution in [0, 0.1) is 0 Å². The Labute approximate surface area is 89.3 Å². The van der Waals surface area contributed by atoms with Crippen molar-refractivity contribution in [3.8, 4) is 0 Å². The van der Waals surface area contributed by atoms with Gasteiger partial charge in [-0.15, -0.1) is 0 Å². The van der Waals surface area contributed by atoms with Crippen molar-refractivity contribution in [3.05, 3.63) is 17.3 Å². The second-order valence-corrected chi connectivity index (χ2v) is 4.24. The van der Waals surface area contributed by atoms with Crippen molar-refractivity contribution in [1.82, 2.24) is 4.98 Å². The van der Waals surface area contributed by atoms with Crippen molar-refractivity contribution < 1.29 is 14.3 Å². The SMILES string of the molecule is CC(C)c1nc(C(C)C)c(CC(=O)O)o1. The Morgan fingerprint density at radius 2 is 1.93 bits per heavy atom. The van der Waals surface area contributed by atoms with Crippen LogP contribution in [0.1, 0.15) is 56.9 Å². The van der Waals surface area contributed by atoms with Gasteiger partial charge in [0.15, 0.2) is 5.89 Å². The highest BCUT2D eigenvalue weighted by Crippen LogP contribution is 2.24. The fraction of sp³-hybridized carbons (Fsp3) is 0.636. The lowest BCUT2D eigenvalue weighted by atomic mass is 10.1. The Bertz CT molecular complexity index is 353. The predicted molar refractivity (Wildman–Crippen MR) is 56.0 cm³/mol. The highest BCUT2D eigenvalue weighted by molar-refractivity contribution is 5.69. The van der Waals surface area contributed by atoms with Crippen molar-refractivity contribution in [2.45, 2.75) is 46.0 Å². The normalized spacial score (nSPS) is 11.3. The van der Waals surface area contributed by atoms with E-state index in [2.05, 4.69) is 4.98 Å². The standard InChI is InChI=1S/C11H17NO3/c1-6(2)10-8(5-9(13)14)15-11(12-10)7(3)4/h6-7H,5H2,1-4H3,(H,13,14). The summed E-state index contributed by atoms with van der Waals surface area (Å²) in [5.41, 5.74) is 0.765. The van der Waals surface area contributed by atoms with Gasteiger partial charge in [0.25, 0.3) is 0 Å². The number of rotatable bonds is 4. The molecule has 0 atom stereocenters. The average Bonchev–Trinajstić information content (AvgIpc) is 2.46. The summed E-state index contributed by atoms with van der Waals surface area (Å²) in [6.45, 7) is 7.90. The minimum absolute atomic E-state index is 0.0900. The van der Waals surface area contributed by atoms with Gasteiger partial charge < -0.3 is 9.52 Å². The van der Waals surface area contributed by atoms with E-state index in [4.69, 9.17) is 9.52 Å². The van der Waals surface area contributed by atoms with E-state index in [1.54, 1.807) is 0 Å². The number of carboxylic acid groups (broad SMARTS) is 1. The number of carboxylic acids is 1. The number of hydrogen-bond donors (Lipinski definition) is 1. The van der Waals surface area contributed by atoms with Crippen LogP contribution in [0.25, 0.3) is 0 Å². The molecule has 84 valence electrons. The molecule has 1 aromatic rings. The third-order valence-electron chi connectivity index (χ3n) is 2.10. The van der Waals surface area contributed by atoms with Crippen LogP contribution >= 0.6 is 0 Å². The minimum Gasteiger partial charge on any atom is -0.481 e. The lowest BCUT2D eigenvalue weighted by Crippen LogP contribution is -2.02. The Balaban J connectivity index is 3.05. The van der Waals surface area contributed by atoms with Gasteiger partial charge in [0.1, 0.15) is 12.2 Å². The fourth-order valence-corrected chi connectivity index (χ4v) is 1.34. The molecular formula is C11H17NO3. The second-order valence-electron chi connectivity index (χ2n) is 4.24. The van der Waals surface area contributed by atoms with Crippen LogP contribution < -0.4 is 0 Å². The van der Waals surface area contributed by atoms with Gasteiger partial charge in [-0.1, -0.05) is 27.7 Å². The number of carbonyl (C=O) groups is 1. The van der Waals surface area contributed by atoms with Crippen LogP contribution in [-0.4, -0.2) is 16.1 Å². The van der Waals surface area contributed by atoms with Gasteiger partial charge in [0, 0.05) is 5.92 Å². The lowest BCUT2D eigenvalue weighted by Gasteiger charge is -2.00. The smallest absolute Gasteiger partial charge is 0.311 e. The summed E-state index contributed by atoms with van der Waals surface area (Å²) in [6.07, 6.45) is -0.0900. The van der Waals surface area contributed by atoms with Crippen LogP contribution in [0.2, 0.25) is 0 Å². The molecule has 0 bridgehead atoms. The summed E-state index contributed by atoms with van der Waals surface area (Å²) in [5.74, 6) is 0.597. The maximum Gasteiger partial charge on any atom is 0.311 e. The van der Waals surface area contributed by atoms with Crippen molar-refractivity contribution in [1.29, 1.82) is 0 Å². The van der Waals surface area contributed by atoms with Gasteiger partial charge in [0.2, 0.25) is 0 Å². The van der Waals surface area contributed by atoms with Gasteiger partial charge in [-0.05, 0) is 5.92 Å². The van der Waals surface area contributed by atoms with E-state index < -0.39 is 5.97 Å². The zero-order chi connectivity index (χ0) is 11.6. The molecule has 0 saturated carbocycles. The summed E-state index contributed by atoms with van der Waals surface area (Å²) in [6, 6.07) is 0. The molecule has 0 spiro atoms. The van der Waals surface area contributed by atoms with E-state index in [0.717, 1.165) is 5.69 Å². The molecule has 1 N–H and O–H groups in total. The Hall–Kier alpha value is -1.32. The number of aliphatic carboxylic acids is 1. The van der Waals surface area contributed by atoms with Crippen molar-refractivity contribution >= 4 is 5.97 Å². The molecular weight excluding hydrogens is 194 g/mol. The van der Waals surface area contributed by atoms with E-state index in [0.29, 0.717) is 11.7 Å². The molecule has 0 aromatic carbocycles. The Kier molecular flexibility index (Phi) is 3.50. The molecule has 1 heterocycles. The second kappa shape index (κ2) is 4.47. The molecule has 1 aromatic heterocycles. The van der Waals surface area contributed by atoms with Gasteiger partial charge in [-0.3, -0.25) is 4.79 Å². The van der Waals surface area contributed by atoms with Crippen LogP contribution in [0.3, 0.4) is 0 Å². The largest absolute Gasteiger partial charge is 0.481 e. The van der Waals surface area contributed by atoms with Crippen LogP contribution in [0.15, 0.2) is 4.42 Å². The van der Waals surface area contributed by atoms with Gasteiger partial charge in [-0.25, -0.2) is 4.98 Å². The first kappa shape index (κ1) is 11.8. The molecule has 15 heavy (non-hydrogen) atoms. The summed E-state index contributed by atoms with van der Waals surface area (Å²) >= 11 is 0. The van der Waals surface area contributed by atoms with E-state index in [9.17, 15) is 4.79 Å². The number of aromatic nitrogens is 1. The highest BCUT2D eigenvalue weighted by atomic mass is 16.4. The van der Waals surface area contributed by atoms with E-state index in [-0.39, 0.29) is 18.3 Å². The number of nitrogens with zero attached hydrogens (tertiary/aromatic N) is 1.